The molecule has 0 saturated carbocycles. The Bertz CT molecular complexity index is 1270. The third-order valence-electron chi connectivity index (χ3n) is 4.45. The average molecular weight is 471 g/mol. The second-order valence-electron chi connectivity index (χ2n) is 6.12. The van der Waals surface area contributed by atoms with E-state index in [2.05, 4.69) is 46.1 Å². The highest BCUT2D eigenvalue weighted by Gasteiger charge is 2.28. The lowest BCUT2D eigenvalue weighted by molar-refractivity contribution is 0.618. The van der Waals surface area contributed by atoms with Gasteiger partial charge in [0.25, 0.3) is 0 Å². The molecule has 0 fully saturated rings. The molecule has 1 aliphatic rings. The summed E-state index contributed by atoms with van der Waals surface area (Å²) >= 11 is 10.1. The molecule has 4 aromatic rings. The van der Waals surface area contributed by atoms with Crippen molar-refractivity contribution in [2.24, 2.45) is 4.99 Å². The van der Waals surface area contributed by atoms with Gasteiger partial charge in [0.2, 0.25) is 0 Å². The van der Waals surface area contributed by atoms with Crippen molar-refractivity contribution in [3.63, 3.8) is 0 Å². The fraction of sp³-hybridized carbons (Fsp3) is 0.0526. The number of hydrogen-bond donors (Lipinski definition) is 0. The normalized spacial score (nSPS) is 12.7. The van der Waals surface area contributed by atoms with Crippen LogP contribution in [-0.2, 0) is 6.54 Å². The van der Waals surface area contributed by atoms with Crippen LogP contribution in [0.5, 0.6) is 0 Å². The molecule has 0 aliphatic carbocycles. The number of hydrogen-bond acceptors (Lipinski definition) is 6. The Labute approximate surface area is 177 Å². The van der Waals surface area contributed by atoms with Crippen molar-refractivity contribution < 1.29 is 4.39 Å². The molecule has 142 valence electrons. The van der Waals surface area contributed by atoms with Crippen LogP contribution in [0.15, 0.2) is 58.5 Å². The van der Waals surface area contributed by atoms with Crippen molar-refractivity contribution in [1.29, 1.82) is 0 Å². The summed E-state index contributed by atoms with van der Waals surface area (Å²) in [6.45, 7) is 0.173. The number of pyridine rings is 1. The van der Waals surface area contributed by atoms with Gasteiger partial charge in [-0.3, -0.25) is 14.5 Å². The van der Waals surface area contributed by atoms with Crippen molar-refractivity contribution in [2.45, 2.75) is 6.54 Å². The van der Waals surface area contributed by atoms with E-state index in [4.69, 9.17) is 11.6 Å². The molecule has 1 aliphatic heterocycles. The Morgan fingerprint density at radius 1 is 1.07 bits per heavy atom. The first-order chi connectivity index (χ1) is 14.1. The molecule has 10 heteroatoms. The highest BCUT2D eigenvalue weighted by molar-refractivity contribution is 9.10. The minimum absolute atomic E-state index is 0.121. The first kappa shape index (κ1) is 18.0. The molecule has 4 heterocycles. The van der Waals surface area contributed by atoms with Crippen molar-refractivity contribution in [3.05, 3.63) is 81.4 Å². The highest BCUT2D eigenvalue weighted by atomic mass is 79.9. The van der Waals surface area contributed by atoms with E-state index in [1.165, 1.54) is 24.7 Å². The lowest BCUT2D eigenvalue weighted by Gasteiger charge is -2.15. The second kappa shape index (κ2) is 7.09. The summed E-state index contributed by atoms with van der Waals surface area (Å²) in [4.78, 5) is 17.0. The molecule has 1 aromatic carbocycles. The largest absolute Gasteiger partial charge is 0.275 e. The molecule has 0 unspecified atom stereocenters. The molecule has 0 saturated heterocycles. The second-order valence-corrected chi connectivity index (χ2v) is 7.36. The Balaban J connectivity index is 1.82. The fourth-order valence-electron chi connectivity index (χ4n) is 3.20. The number of aromatic nitrogens is 6. The molecule has 0 amide bonds. The van der Waals surface area contributed by atoms with Gasteiger partial charge < -0.3 is 0 Å². The predicted molar refractivity (Wildman–Crippen MR) is 109 cm³/mol. The molecule has 0 spiro atoms. The minimum atomic E-state index is -0.484. The molecule has 5 rings (SSSR count). The van der Waals surface area contributed by atoms with E-state index in [9.17, 15) is 4.39 Å². The van der Waals surface area contributed by atoms with E-state index in [0.717, 1.165) is 0 Å². The molecule has 7 nitrogen and oxygen atoms in total. The molecular formula is C19H10BrClFN7. The average Bonchev–Trinajstić information content (AvgIpc) is 3.09. The fourth-order valence-corrected chi connectivity index (χ4v) is 3.77. The van der Waals surface area contributed by atoms with Gasteiger partial charge in [-0.15, -0.1) is 10.2 Å². The van der Waals surface area contributed by atoms with E-state index < -0.39 is 5.82 Å². The van der Waals surface area contributed by atoms with Crippen LogP contribution >= 0.6 is 27.5 Å². The van der Waals surface area contributed by atoms with E-state index in [-0.39, 0.29) is 12.2 Å². The quantitative estimate of drug-likeness (QED) is 0.442. The number of aliphatic imine (C=N–C) groups is 1. The number of halogens is 3. The predicted octanol–water partition coefficient (Wildman–Crippen LogP) is 4.03. The summed E-state index contributed by atoms with van der Waals surface area (Å²) in [5.74, 6) is 0.603. The zero-order chi connectivity index (χ0) is 20.0. The molecule has 0 atom stereocenters. The van der Waals surface area contributed by atoms with Gasteiger partial charge in [-0.05, 0) is 46.3 Å². The highest BCUT2D eigenvalue weighted by Crippen LogP contribution is 2.36. The van der Waals surface area contributed by atoms with E-state index in [1.54, 1.807) is 12.3 Å². The molecule has 0 bridgehead atoms. The van der Waals surface area contributed by atoms with Gasteiger partial charge in [-0.1, -0.05) is 11.6 Å². The molecule has 0 radical (unpaired) electrons. The number of rotatable bonds is 2. The van der Waals surface area contributed by atoms with Gasteiger partial charge in [-0.25, -0.2) is 14.4 Å². The molecule has 0 N–H and O–H groups in total. The van der Waals surface area contributed by atoms with Gasteiger partial charge in [0.1, 0.15) is 24.3 Å². The monoisotopic (exact) mass is 469 g/mol. The standard InChI is InChI=1S/C19H10BrClFN7/c20-10-3-4-13-15(16(10)21)18(17-11(22)2-1-6-24-17)25-8-14-27-28-19(29(13)14)12-5-7-23-9-26-12/h1-7,9H,8H2. The van der Waals surface area contributed by atoms with Crippen LogP contribution in [-0.4, -0.2) is 35.4 Å². The smallest absolute Gasteiger partial charge is 0.187 e. The third kappa shape index (κ3) is 2.93. The SMILES string of the molecule is Fc1cccnc1C1=NCc2nnc(-c3ccncn3)n2-c2ccc(Br)c(Cl)c21. The topological polar surface area (TPSA) is 81.7 Å². The first-order valence-electron chi connectivity index (χ1n) is 8.50. The van der Waals surface area contributed by atoms with Crippen molar-refractivity contribution in [2.75, 3.05) is 0 Å². The lowest BCUT2D eigenvalue weighted by atomic mass is 10.0. The van der Waals surface area contributed by atoms with Crippen LogP contribution in [0.3, 0.4) is 0 Å². The van der Waals surface area contributed by atoms with Crippen LogP contribution in [0, 0.1) is 5.82 Å². The summed E-state index contributed by atoms with van der Waals surface area (Å²) in [6.07, 6.45) is 4.58. The van der Waals surface area contributed by atoms with Crippen LogP contribution in [0.1, 0.15) is 17.1 Å². The maximum atomic E-state index is 14.6. The van der Waals surface area contributed by atoms with E-state index in [1.807, 2.05) is 16.7 Å². The van der Waals surface area contributed by atoms with Crippen molar-refractivity contribution in [1.82, 2.24) is 29.7 Å². The minimum Gasteiger partial charge on any atom is -0.275 e. The number of nitrogens with zero attached hydrogens (tertiary/aromatic N) is 7. The van der Waals surface area contributed by atoms with Gasteiger partial charge in [0.05, 0.1) is 16.4 Å². The van der Waals surface area contributed by atoms with E-state index in [0.29, 0.717) is 43.8 Å². The maximum Gasteiger partial charge on any atom is 0.187 e. The van der Waals surface area contributed by atoms with Gasteiger partial charge in [0.15, 0.2) is 17.5 Å². The third-order valence-corrected chi connectivity index (χ3v) is 5.73. The van der Waals surface area contributed by atoms with Crippen molar-refractivity contribution >= 4 is 33.2 Å². The van der Waals surface area contributed by atoms with Crippen LogP contribution in [0.2, 0.25) is 5.02 Å². The summed E-state index contributed by atoms with van der Waals surface area (Å²) in [5, 5.41) is 8.95. The van der Waals surface area contributed by atoms with E-state index >= 15 is 0 Å². The van der Waals surface area contributed by atoms with Gasteiger partial charge in [0, 0.05) is 22.4 Å². The Morgan fingerprint density at radius 3 is 2.76 bits per heavy atom. The Kier molecular flexibility index (Phi) is 4.40. The first-order valence-corrected chi connectivity index (χ1v) is 9.67. The summed E-state index contributed by atoms with van der Waals surface area (Å²) in [5.41, 5.74) is 2.26. The summed E-state index contributed by atoms with van der Waals surface area (Å²) < 4.78 is 17.1. The summed E-state index contributed by atoms with van der Waals surface area (Å²) in [6, 6.07) is 8.27. The van der Waals surface area contributed by atoms with Crippen LogP contribution in [0.25, 0.3) is 17.2 Å². The van der Waals surface area contributed by atoms with Crippen LogP contribution < -0.4 is 0 Å². The number of fused-ring (bicyclic) bond motifs is 3. The lowest BCUT2D eigenvalue weighted by Crippen LogP contribution is -2.12. The molecular weight excluding hydrogens is 461 g/mol. The Morgan fingerprint density at radius 2 is 1.97 bits per heavy atom. The molecule has 3 aromatic heterocycles. The van der Waals surface area contributed by atoms with Crippen molar-refractivity contribution in [3.8, 4) is 17.2 Å². The van der Waals surface area contributed by atoms with Gasteiger partial charge >= 0.3 is 0 Å². The number of benzene rings is 1. The van der Waals surface area contributed by atoms with Gasteiger partial charge in [-0.2, -0.15) is 0 Å². The Hall–Kier alpha value is -3.04. The zero-order valence-corrected chi connectivity index (χ0v) is 16.9. The van der Waals surface area contributed by atoms with Crippen LogP contribution in [0.4, 0.5) is 4.39 Å². The summed E-state index contributed by atoms with van der Waals surface area (Å²) in [7, 11) is 0. The maximum absolute atomic E-state index is 14.6. The molecule has 29 heavy (non-hydrogen) atoms. The zero-order valence-electron chi connectivity index (χ0n) is 14.6.